The van der Waals surface area contributed by atoms with Crippen molar-refractivity contribution in [3.05, 3.63) is 71.8 Å². The Kier molecular flexibility index (Phi) is 6.82. The van der Waals surface area contributed by atoms with Crippen LogP contribution in [-0.4, -0.2) is 64.3 Å². The minimum atomic E-state index is -0.962. The molecule has 194 valence electrons. The summed E-state index contributed by atoms with van der Waals surface area (Å²) in [5.74, 6) is -1.01. The molecule has 9 nitrogen and oxygen atoms in total. The van der Waals surface area contributed by atoms with Crippen LogP contribution in [0.4, 0.5) is 20.5 Å². The van der Waals surface area contributed by atoms with E-state index in [2.05, 4.69) is 15.0 Å². The second-order valence-corrected chi connectivity index (χ2v) is 8.84. The van der Waals surface area contributed by atoms with Gasteiger partial charge in [-0.2, -0.15) is 4.98 Å². The number of benzene rings is 2. The fourth-order valence-corrected chi connectivity index (χ4v) is 4.24. The van der Waals surface area contributed by atoms with E-state index in [1.54, 1.807) is 41.3 Å². The predicted molar refractivity (Wildman–Crippen MR) is 138 cm³/mol. The number of piperazine rings is 1. The van der Waals surface area contributed by atoms with Gasteiger partial charge in [0.1, 0.15) is 11.3 Å². The first-order chi connectivity index (χ1) is 18.3. The van der Waals surface area contributed by atoms with Crippen molar-refractivity contribution in [2.75, 3.05) is 43.4 Å². The van der Waals surface area contributed by atoms with Crippen molar-refractivity contribution in [2.24, 2.45) is 0 Å². The third-order valence-electron chi connectivity index (χ3n) is 6.31. The summed E-state index contributed by atoms with van der Waals surface area (Å²) in [5.41, 5.74) is 8.36. The number of nitrogens with zero attached hydrogens (tertiary/aromatic N) is 5. The monoisotopic (exact) mass is 518 g/mol. The number of carbonyl (C=O) groups excluding carboxylic acids is 2. The topological polar surface area (TPSA) is 115 Å². The van der Waals surface area contributed by atoms with E-state index in [0.717, 1.165) is 12.1 Å². The summed E-state index contributed by atoms with van der Waals surface area (Å²) in [6.07, 6.45) is 0. The minimum Gasteiger partial charge on any atom is -0.484 e. The fourth-order valence-electron chi connectivity index (χ4n) is 4.24. The maximum atomic E-state index is 13.8. The van der Waals surface area contributed by atoms with Crippen LogP contribution in [0.5, 0.6) is 5.75 Å². The molecule has 0 atom stereocenters. The fraction of sp³-hybridized carbons (Fsp3) is 0.222. The Morgan fingerprint density at radius 2 is 1.66 bits per heavy atom. The molecular formula is C27H24F2N6O3. The van der Waals surface area contributed by atoms with Gasteiger partial charge < -0.3 is 20.3 Å². The van der Waals surface area contributed by atoms with E-state index >= 15 is 0 Å². The molecule has 3 heterocycles. The summed E-state index contributed by atoms with van der Waals surface area (Å²) >= 11 is 0. The van der Waals surface area contributed by atoms with Crippen LogP contribution in [-0.2, 0) is 4.79 Å². The minimum absolute atomic E-state index is 0.0421. The van der Waals surface area contributed by atoms with Gasteiger partial charge in [-0.05, 0) is 61.5 Å². The van der Waals surface area contributed by atoms with Gasteiger partial charge in [0.2, 0.25) is 5.95 Å². The Hall–Kier alpha value is -4.67. The number of halogens is 2. The normalized spacial score (nSPS) is 13.6. The molecule has 1 fully saturated rings. The molecule has 0 bridgehead atoms. The Morgan fingerprint density at radius 1 is 0.921 bits per heavy atom. The van der Waals surface area contributed by atoms with Crippen LogP contribution >= 0.6 is 0 Å². The van der Waals surface area contributed by atoms with E-state index in [1.165, 1.54) is 13.0 Å². The van der Waals surface area contributed by atoms with Gasteiger partial charge >= 0.3 is 0 Å². The van der Waals surface area contributed by atoms with Crippen molar-refractivity contribution in [3.8, 4) is 17.0 Å². The zero-order valence-electron chi connectivity index (χ0n) is 20.5. The highest BCUT2D eigenvalue weighted by atomic mass is 19.2. The molecule has 11 heteroatoms. The lowest BCUT2D eigenvalue weighted by Gasteiger charge is -2.35. The molecule has 5 rings (SSSR count). The summed E-state index contributed by atoms with van der Waals surface area (Å²) in [7, 11) is 0. The summed E-state index contributed by atoms with van der Waals surface area (Å²) in [4.78, 5) is 41.1. The number of rotatable bonds is 6. The maximum Gasteiger partial charge on any atom is 0.260 e. The molecule has 38 heavy (non-hydrogen) atoms. The van der Waals surface area contributed by atoms with Crippen LogP contribution in [0.3, 0.4) is 0 Å². The zero-order chi connectivity index (χ0) is 26.8. The molecule has 2 aromatic heterocycles. The molecule has 0 radical (unpaired) electrons. The number of anilines is 2. The highest BCUT2D eigenvalue weighted by Crippen LogP contribution is 2.28. The Labute approximate surface area is 216 Å². The molecule has 0 unspecified atom stereocenters. The molecule has 1 aliphatic rings. The number of Topliss-reactive ketones (excluding diaryl/α,β-unsaturated/α-hetero) is 1. The van der Waals surface area contributed by atoms with Crippen molar-refractivity contribution >= 4 is 34.5 Å². The predicted octanol–water partition coefficient (Wildman–Crippen LogP) is 3.48. The van der Waals surface area contributed by atoms with Crippen molar-refractivity contribution < 1.29 is 23.1 Å². The second kappa shape index (κ2) is 10.4. The average Bonchev–Trinajstić information content (AvgIpc) is 2.93. The van der Waals surface area contributed by atoms with E-state index in [4.69, 9.17) is 10.5 Å². The quantitative estimate of drug-likeness (QED) is 0.386. The number of amides is 1. The van der Waals surface area contributed by atoms with Crippen molar-refractivity contribution in [1.29, 1.82) is 0 Å². The van der Waals surface area contributed by atoms with Crippen LogP contribution in [0.2, 0.25) is 0 Å². The van der Waals surface area contributed by atoms with Gasteiger partial charge in [0.05, 0.1) is 11.2 Å². The zero-order valence-corrected chi connectivity index (χ0v) is 20.5. The van der Waals surface area contributed by atoms with Crippen LogP contribution < -0.4 is 15.4 Å². The number of fused-ring (bicyclic) bond motifs is 1. The highest BCUT2D eigenvalue weighted by molar-refractivity contribution is 5.94. The standard InChI is InChI=1S/C27H24F2N6O3/c1-16(36)17-2-5-19(6-3-17)38-15-24(37)34-10-12-35(13-11-34)26-25-23(32-27(30)33-26)9-8-22(31-25)18-4-7-20(28)21(29)14-18/h2-9,14H,10-13,15H2,1H3,(H2,30,32,33). The number of hydrogen-bond donors (Lipinski definition) is 1. The first kappa shape index (κ1) is 25.0. The molecule has 0 aliphatic carbocycles. The SMILES string of the molecule is CC(=O)c1ccc(OCC(=O)N2CCN(c3nc(N)nc4ccc(-c5ccc(F)c(F)c5)nc34)CC2)cc1. The average molecular weight is 519 g/mol. The number of hydrogen-bond acceptors (Lipinski definition) is 8. The number of nitrogen functional groups attached to an aromatic ring is 1. The largest absolute Gasteiger partial charge is 0.484 e. The third kappa shape index (κ3) is 5.22. The number of pyridine rings is 1. The summed E-state index contributed by atoms with van der Waals surface area (Å²) < 4.78 is 32.8. The lowest BCUT2D eigenvalue weighted by atomic mass is 10.1. The third-order valence-corrected chi connectivity index (χ3v) is 6.31. The van der Waals surface area contributed by atoms with Crippen LogP contribution in [0, 0.1) is 11.6 Å². The van der Waals surface area contributed by atoms with Gasteiger partial charge in [-0.15, -0.1) is 0 Å². The lowest BCUT2D eigenvalue weighted by Crippen LogP contribution is -2.50. The number of carbonyl (C=O) groups is 2. The van der Waals surface area contributed by atoms with Crippen LogP contribution in [0.1, 0.15) is 17.3 Å². The van der Waals surface area contributed by atoms with Crippen molar-refractivity contribution in [2.45, 2.75) is 6.92 Å². The molecule has 0 spiro atoms. The molecule has 4 aromatic rings. The van der Waals surface area contributed by atoms with Crippen LogP contribution in [0.25, 0.3) is 22.3 Å². The van der Waals surface area contributed by atoms with Crippen LogP contribution in [0.15, 0.2) is 54.6 Å². The number of ether oxygens (including phenoxy) is 1. The van der Waals surface area contributed by atoms with E-state index in [-0.39, 0.29) is 24.2 Å². The molecule has 1 saturated heterocycles. The number of ketones is 1. The smallest absolute Gasteiger partial charge is 0.260 e. The first-order valence-electron chi connectivity index (χ1n) is 11.9. The Balaban J connectivity index is 1.28. The molecule has 2 N–H and O–H groups in total. The van der Waals surface area contributed by atoms with Crippen molar-refractivity contribution in [3.63, 3.8) is 0 Å². The summed E-state index contributed by atoms with van der Waals surface area (Å²) in [6, 6.07) is 13.6. The Bertz CT molecular complexity index is 1520. The molecular weight excluding hydrogens is 494 g/mol. The van der Waals surface area contributed by atoms with E-state index in [0.29, 0.717) is 65.6 Å². The van der Waals surface area contributed by atoms with E-state index in [1.807, 2.05) is 4.90 Å². The van der Waals surface area contributed by atoms with Gasteiger partial charge in [-0.1, -0.05) is 0 Å². The van der Waals surface area contributed by atoms with Gasteiger partial charge in [-0.3, -0.25) is 9.59 Å². The van der Waals surface area contributed by atoms with Gasteiger partial charge in [0, 0.05) is 37.3 Å². The molecule has 2 aromatic carbocycles. The lowest BCUT2D eigenvalue weighted by molar-refractivity contribution is -0.133. The van der Waals surface area contributed by atoms with Gasteiger partial charge in [0.25, 0.3) is 5.91 Å². The summed E-state index contributed by atoms with van der Waals surface area (Å²) in [6.45, 7) is 3.17. The molecule has 0 saturated carbocycles. The first-order valence-corrected chi connectivity index (χ1v) is 11.9. The van der Waals surface area contributed by atoms with Gasteiger partial charge in [-0.25, -0.2) is 18.7 Å². The summed E-state index contributed by atoms with van der Waals surface area (Å²) in [5, 5.41) is 0. The molecule has 1 aliphatic heterocycles. The van der Waals surface area contributed by atoms with Crippen molar-refractivity contribution in [1.82, 2.24) is 19.9 Å². The number of nitrogens with two attached hydrogens (primary N) is 1. The Morgan fingerprint density at radius 3 is 2.34 bits per heavy atom. The maximum absolute atomic E-state index is 13.8. The number of aromatic nitrogens is 3. The van der Waals surface area contributed by atoms with E-state index < -0.39 is 11.6 Å². The van der Waals surface area contributed by atoms with E-state index in [9.17, 15) is 18.4 Å². The highest BCUT2D eigenvalue weighted by Gasteiger charge is 2.25. The van der Waals surface area contributed by atoms with Gasteiger partial charge in [0.15, 0.2) is 29.8 Å². The molecule has 1 amide bonds. The second-order valence-electron chi connectivity index (χ2n) is 8.84.